The fourth-order valence-corrected chi connectivity index (χ4v) is 4.60. The highest BCUT2D eigenvalue weighted by Crippen LogP contribution is 2.38. The molecule has 0 spiro atoms. The zero-order valence-corrected chi connectivity index (χ0v) is 21.0. The van der Waals surface area contributed by atoms with Gasteiger partial charge in [-0.15, -0.1) is 0 Å². The van der Waals surface area contributed by atoms with Crippen molar-refractivity contribution < 1.29 is 14.3 Å². The summed E-state index contributed by atoms with van der Waals surface area (Å²) in [5, 5.41) is 2.88. The molecule has 3 aromatic carbocycles. The lowest BCUT2D eigenvalue weighted by molar-refractivity contribution is -0.134. The number of hydrogen-bond acceptors (Lipinski definition) is 3. The lowest BCUT2D eigenvalue weighted by Gasteiger charge is -2.38. The number of anilines is 1. The molecule has 1 aliphatic heterocycles. The standard InChI is InChI=1S/C30H34N2O3/c1-20(2)16-29(34)32-15-14-23-12-13-26(18-27(23)30(32)24-10-8-21(3)9-11-24)35-19-28(33)31-25-7-5-6-22(4)17-25/h5-13,17-18,20,30H,14-16,19H2,1-4H3,(H,31,33)/t30-/m0/s1. The van der Waals surface area contributed by atoms with Crippen LogP contribution in [0.25, 0.3) is 0 Å². The molecule has 0 fully saturated rings. The molecule has 0 bridgehead atoms. The minimum atomic E-state index is -0.211. The molecule has 0 unspecified atom stereocenters. The normalized spacial score (nSPS) is 15.0. The van der Waals surface area contributed by atoms with Crippen LogP contribution < -0.4 is 10.1 Å². The lowest BCUT2D eigenvalue weighted by Crippen LogP contribution is -2.41. The smallest absolute Gasteiger partial charge is 0.262 e. The van der Waals surface area contributed by atoms with Crippen LogP contribution >= 0.6 is 0 Å². The van der Waals surface area contributed by atoms with Crippen molar-refractivity contribution in [1.82, 2.24) is 4.90 Å². The van der Waals surface area contributed by atoms with Gasteiger partial charge >= 0.3 is 0 Å². The number of fused-ring (bicyclic) bond motifs is 1. The third kappa shape index (κ3) is 6.10. The number of rotatable bonds is 7. The third-order valence-electron chi connectivity index (χ3n) is 6.31. The summed E-state index contributed by atoms with van der Waals surface area (Å²) in [7, 11) is 0. The van der Waals surface area contributed by atoms with Crippen LogP contribution in [0.5, 0.6) is 5.75 Å². The molecule has 0 saturated heterocycles. The summed E-state index contributed by atoms with van der Waals surface area (Å²) in [4.78, 5) is 27.7. The quantitative estimate of drug-likeness (QED) is 0.472. The lowest BCUT2D eigenvalue weighted by atomic mass is 9.87. The molecule has 2 amide bonds. The second-order valence-electron chi connectivity index (χ2n) is 9.82. The zero-order valence-electron chi connectivity index (χ0n) is 21.0. The highest BCUT2D eigenvalue weighted by atomic mass is 16.5. The monoisotopic (exact) mass is 470 g/mol. The van der Waals surface area contributed by atoms with E-state index >= 15 is 0 Å². The van der Waals surface area contributed by atoms with Gasteiger partial charge in [0.05, 0.1) is 6.04 Å². The van der Waals surface area contributed by atoms with E-state index in [1.807, 2.05) is 48.2 Å². The van der Waals surface area contributed by atoms with E-state index in [2.05, 4.69) is 56.4 Å². The molecule has 1 aliphatic rings. The SMILES string of the molecule is Cc1ccc([C@H]2c3cc(OCC(=O)Nc4cccc(C)c4)ccc3CCN2C(=O)CC(C)C)cc1. The van der Waals surface area contributed by atoms with Gasteiger partial charge < -0.3 is 15.0 Å². The first-order valence-corrected chi connectivity index (χ1v) is 12.3. The van der Waals surface area contributed by atoms with Gasteiger partial charge in [-0.05, 0) is 72.7 Å². The van der Waals surface area contributed by atoms with E-state index in [4.69, 9.17) is 4.74 Å². The minimum absolute atomic E-state index is 0.0854. The van der Waals surface area contributed by atoms with Crippen LogP contribution in [0.4, 0.5) is 5.69 Å². The molecule has 0 aromatic heterocycles. The maximum Gasteiger partial charge on any atom is 0.262 e. The van der Waals surface area contributed by atoms with Crippen molar-refractivity contribution in [2.75, 3.05) is 18.5 Å². The molecule has 0 radical (unpaired) electrons. The number of nitrogens with one attached hydrogen (secondary N) is 1. The van der Waals surface area contributed by atoms with Crippen LogP contribution in [-0.2, 0) is 16.0 Å². The van der Waals surface area contributed by atoms with Crippen molar-refractivity contribution in [3.8, 4) is 5.75 Å². The predicted molar refractivity (Wildman–Crippen MR) is 140 cm³/mol. The predicted octanol–water partition coefficient (Wildman–Crippen LogP) is 5.84. The molecule has 5 nitrogen and oxygen atoms in total. The number of nitrogens with zero attached hydrogens (tertiary/aromatic N) is 1. The van der Waals surface area contributed by atoms with Gasteiger partial charge in [-0.2, -0.15) is 0 Å². The van der Waals surface area contributed by atoms with Crippen molar-refractivity contribution in [3.05, 3.63) is 94.5 Å². The molecular weight excluding hydrogens is 436 g/mol. The Labute approximate surface area is 208 Å². The van der Waals surface area contributed by atoms with Crippen LogP contribution in [0.2, 0.25) is 0 Å². The Morgan fingerprint density at radius 2 is 1.77 bits per heavy atom. The number of benzene rings is 3. The van der Waals surface area contributed by atoms with E-state index in [9.17, 15) is 9.59 Å². The molecule has 1 N–H and O–H groups in total. The summed E-state index contributed by atoms with van der Waals surface area (Å²) < 4.78 is 5.88. The summed E-state index contributed by atoms with van der Waals surface area (Å²) in [5.41, 5.74) is 6.37. The number of carbonyl (C=O) groups excluding carboxylic acids is 2. The topological polar surface area (TPSA) is 58.6 Å². The fourth-order valence-electron chi connectivity index (χ4n) is 4.60. The molecule has 4 rings (SSSR count). The highest BCUT2D eigenvalue weighted by molar-refractivity contribution is 5.91. The van der Waals surface area contributed by atoms with Gasteiger partial charge in [-0.1, -0.05) is 61.9 Å². The van der Waals surface area contributed by atoms with E-state index in [1.54, 1.807) is 0 Å². The Balaban J connectivity index is 1.57. The molecule has 1 heterocycles. The molecule has 5 heteroatoms. The van der Waals surface area contributed by atoms with Gasteiger partial charge in [0.2, 0.25) is 5.91 Å². The number of carbonyl (C=O) groups is 2. The van der Waals surface area contributed by atoms with Crippen LogP contribution in [-0.4, -0.2) is 29.9 Å². The first kappa shape index (κ1) is 24.5. The summed E-state index contributed by atoms with van der Waals surface area (Å²) in [6, 6.07) is 21.9. The summed E-state index contributed by atoms with van der Waals surface area (Å²) in [6.45, 7) is 8.80. The van der Waals surface area contributed by atoms with E-state index < -0.39 is 0 Å². The van der Waals surface area contributed by atoms with Crippen LogP contribution in [0.15, 0.2) is 66.7 Å². The number of amides is 2. The average molecular weight is 471 g/mol. The third-order valence-corrected chi connectivity index (χ3v) is 6.31. The Morgan fingerprint density at radius 1 is 1.00 bits per heavy atom. The largest absolute Gasteiger partial charge is 0.484 e. The Morgan fingerprint density at radius 3 is 2.49 bits per heavy atom. The Hall–Kier alpha value is -3.60. The van der Waals surface area contributed by atoms with Gasteiger partial charge in [0.1, 0.15) is 5.75 Å². The van der Waals surface area contributed by atoms with Crippen LogP contribution in [0.3, 0.4) is 0 Å². The maximum atomic E-state index is 13.2. The van der Waals surface area contributed by atoms with Gasteiger partial charge in [0, 0.05) is 18.7 Å². The highest BCUT2D eigenvalue weighted by Gasteiger charge is 2.32. The fraction of sp³-hybridized carbons (Fsp3) is 0.333. The van der Waals surface area contributed by atoms with Crippen LogP contribution in [0, 0.1) is 19.8 Å². The first-order valence-electron chi connectivity index (χ1n) is 12.3. The van der Waals surface area contributed by atoms with Gasteiger partial charge in [0.15, 0.2) is 6.61 Å². The zero-order chi connectivity index (χ0) is 24.9. The molecular formula is C30H34N2O3. The van der Waals surface area contributed by atoms with E-state index in [1.165, 1.54) is 11.1 Å². The number of hydrogen-bond donors (Lipinski definition) is 1. The summed E-state index contributed by atoms with van der Waals surface area (Å²) in [5.74, 6) is 0.875. The van der Waals surface area contributed by atoms with Crippen molar-refractivity contribution in [2.24, 2.45) is 5.92 Å². The van der Waals surface area contributed by atoms with Crippen LogP contribution in [0.1, 0.15) is 54.1 Å². The van der Waals surface area contributed by atoms with Crippen molar-refractivity contribution >= 4 is 17.5 Å². The minimum Gasteiger partial charge on any atom is -0.484 e. The van der Waals surface area contributed by atoms with Crippen molar-refractivity contribution in [2.45, 2.75) is 46.6 Å². The average Bonchev–Trinajstić information content (AvgIpc) is 2.82. The molecule has 182 valence electrons. The van der Waals surface area contributed by atoms with E-state index in [-0.39, 0.29) is 24.5 Å². The Bertz CT molecular complexity index is 1200. The second kappa shape index (κ2) is 10.8. The van der Waals surface area contributed by atoms with Crippen molar-refractivity contribution in [3.63, 3.8) is 0 Å². The molecule has 1 atom stereocenters. The van der Waals surface area contributed by atoms with E-state index in [0.29, 0.717) is 24.6 Å². The molecule has 3 aromatic rings. The summed E-state index contributed by atoms with van der Waals surface area (Å²) >= 11 is 0. The Kier molecular flexibility index (Phi) is 7.54. The maximum absolute atomic E-state index is 13.2. The van der Waals surface area contributed by atoms with E-state index in [0.717, 1.165) is 28.8 Å². The van der Waals surface area contributed by atoms with Gasteiger partial charge in [-0.25, -0.2) is 0 Å². The number of aryl methyl sites for hydroxylation is 2. The molecule has 0 aliphatic carbocycles. The van der Waals surface area contributed by atoms with Gasteiger partial charge in [0.25, 0.3) is 5.91 Å². The molecule has 35 heavy (non-hydrogen) atoms. The second-order valence-corrected chi connectivity index (χ2v) is 9.82. The first-order chi connectivity index (χ1) is 16.8. The van der Waals surface area contributed by atoms with Crippen molar-refractivity contribution in [1.29, 1.82) is 0 Å². The molecule has 0 saturated carbocycles. The summed E-state index contributed by atoms with van der Waals surface area (Å²) in [6.07, 6.45) is 1.32. The number of ether oxygens (including phenoxy) is 1. The van der Waals surface area contributed by atoms with Gasteiger partial charge in [-0.3, -0.25) is 9.59 Å².